The molecule has 0 saturated heterocycles. The predicted molar refractivity (Wildman–Crippen MR) is 62.7 cm³/mol. The zero-order chi connectivity index (χ0) is 9.68. The Bertz CT molecular complexity index is 266. The van der Waals surface area contributed by atoms with Gasteiger partial charge >= 0.3 is 0 Å². The summed E-state index contributed by atoms with van der Waals surface area (Å²) < 4.78 is 0. The highest BCUT2D eigenvalue weighted by Crippen LogP contribution is 2.16. The molecule has 13 heavy (non-hydrogen) atoms. The highest BCUT2D eigenvalue weighted by atomic mass is 79.9. The van der Waals surface area contributed by atoms with Gasteiger partial charge in [-0.15, -0.1) is 0 Å². The van der Waals surface area contributed by atoms with Gasteiger partial charge in [-0.05, 0) is 42.9 Å². The van der Waals surface area contributed by atoms with Crippen LogP contribution in [0.2, 0.25) is 0 Å². The number of hydrogen-bond donors (Lipinski definition) is 0. The first-order valence-corrected chi connectivity index (χ1v) is 6.05. The van der Waals surface area contributed by atoms with Crippen molar-refractivity contribution in [1.29, 1.82) is 0 Å². The van der Waals surface area contributed by atoms with Crippen LogP contribution < -0.4 is 0 Å². The van der Waals surface area contributed by atoms with Gasteiger partial charge in [-0.2, -0.15) is 0 Å². The molecule has 0 unspecified atom stereocenters. The van der Waals surface area contributed by atoms with Crippen molar-refractivity contribution < 1.29 is 0 Å². The van der Waals surface area contributed by atoms with Crippen molar-refractivity contribution in [3.8, 4) is 0 Å². The molecular formula is C12H17Br. The zero-order valence-electron chi connectivity index (χ0n) is 8.44. The lowest BCUT2D eigenvalue weighted by atomic mass is 9.97. The summed E-state index contributed by atoms with van der Waals surface area (Å²) in [6, 6.07) is 6.63. The van der Waals surface area contributed by atoms with Gasteiger partial charge in [0.05, 0.1) is 0 Å². The highest BCUT2D eigenvalue weighted by molar-refractivity contribution is 9.09. The van der Waals surface area contributed by atoms with Gasteiger partial charge in [0, 0.05) is 5.33 Å². The molecule has 1 heteroatoms. The van der Waals surface area contributed by atoms with E-state index in [-0.39, 0.29) is 0 Å². The maximum Gasteiger partial charge on any atom is 0.00344 e. The fourth-order valence-corrected chi connectivity index (χ4v) is 2.04. The summed E-state index contributed by atoms with van der Waals surface area (Å²) in [5.41, 5.74) is 4.51. The molecular weight excluding hydrogens is 224 g/mol. The van der Waals surface area contributed by atoms with Crippen LogP contribution in [0.25, 0.3) is 0 Å². The van der Waals surface area contributed by atoms with Gasteiger partial charge < -0.3 is 0 Å². The minimum atomic E-state index is 1.10. The molecule has 0 aliphatic rings. The van der Waals surface area contributed by atoms with Gasteiger partial charge in [-0.3, -0.25) is 0 Å². The predicted octanol–water partition coefficient (Wildman–Crippen LogP) is 3.88. The SMILES string of the molecule is CCc1c(C)cccc1CCCBr. The number of alkyl halides is 1. The van der Waals surface area contributed by atoms with Crippen LogP contribution in [0.4, 0.5) is 0 Å². The van der Waals surface area contributed by atoms with E-state index in [1.165, 1.54) is 24.0 Å². The number of rotatable bonds is 4. The summed E-state index contributed by atoms with van der Waals surface area (Å²) in [4.78, 5) is 0. The van der Waals surface area contributed by atoms with Gasteiger partial charge in [0.1, 0.15) is 0 Å². The second kappa shape index (κ2) is 5.43. The van der Waals surface area contributed by atoms with E-state index in [1.807, 2.05) is 0 Å². The zero-order valence-corrected chi connectivity index (χ0v) is 10.0. The average molecular weight is 241 g/mol. The van der Waals surface area contributed by atoms with Crippen molar-refractivity contribution in [1.82, 2.24) is 0 Å². The Kier molecular flexibility index (Phi) is 4.51. The summed E-state index contributed by atoms with van der Waals surface area (Å²) in [7, 11) is 0. The molecule has 0 atom stereocenters. The number of aryl methyl sites for hydroxylation is 2. The van der Waals surface area contributed by atoms with Crippen LogP contribution in [0.3, 0.4) is 0 Å². The summed E-state index contributed by atoms with van der Waals surface area (Å²) in [5.74, 6) is 0. The third-order valence-electron chi connectivity index (χ3n) is 2.44. The van der Waals surface area contributed by atoms with Gasteiger partial charge in [-0.1, -0.05) is 41.1 Å². The number of hydrogen-bond acceptors (Lipinski definition) is 0. The molecule has 0 bridgehead atoms. The molecule has 0 fully saturated rings. The Labute approximate surface area is 89.5 Å². The molecule has 0 heterocycles. The Balaban J connectivity index is 2.85. The highest BCUT2D eigenvalue weighted by Gasteiger charge is 2.02. The van der Waals surface area contributed by atoms with Crippen molar-refractivity contribution in [2.24, 2.45) is 0 Å². The number of benzene rings is 1. The van der Waals surface area contributed by atoms with Crippen LogP contribution in [-0.2, 0) is 12.8 Å². The van der Waals surface area contributed by atoms with Crippen LogP contribution >= 0.6 is 15.9 Å². The monoisotopic (exact) mass is 240 g/mol. The largest absolute Gasteiger partial charge is 0.0928 e. The number of halogens is 1. The average Bonchev–Trinajstić information content (AvgIpc) is 2.15. The first-order valence-electron chi connectivity index (χ1n) is 4.93. The van der Waals surface area contributed by atoms with Crippen molar-refractivity contribution in [2.75, 3.05) is 5.33 Å². The Morgan fingerprint density at radius 3 is 2.69 bits per heavy atom. The van der Waals surface area contributed by atoms with E-state index in [1.54, 1.807) is 5.56 Å². The third kappa shape index (κ3) is 2.84. The Morgan fingerprint density at radius 2 is 2.08 bits per heavy atom. The lowest BCUT2D eigenvalue weighted by Gasteiger charge is -2.09. The van der Waals surface area contributed by atoms with E-state index in [9.17, 15) is 0 Å². The van der Waals surface area contributed by atoms with Crippen molar-refractivity contribution >= 4 is 15.9 Å². The van der Waals surface area contributed by atoms with Crippen LogP contribution in [-0.4, -0.2) is 5.33 Å². The van der Waals surface area contributed by atoms with E-state index < -0.39 is 0 Å². The Morgan fingerprint density at radius 1 is 1.31 bits per heavy atom. The molecule has 1 aromatic carbocycles. The van der Waals surface area contributed by atoms with Crippen molar-refractivity contribution in [3.63, 3.8) is 0 Å². The van der Waals surface area contributed by atoms with Crippen molar-refractivity contribution in [2.45, 2.75) is 33.1 Å². The van der Waals surface area contributed by atoms with Crippen LogP contribution in [0.5, 0.6) is 0 Å². The quantitative estimate of drug-likeness (QED) is 0.701. The van der Waals surface area contributed by atoms with Crippen LogP contribution in [0.1, 0.15) is 30.0 Å². The summed E-state index contributed by atoms with van der Waals surface area (Å²) in [5, 5.41) is 1.10. The topological polar surface area (TPSA) is 0 Å². The van der Waals surface area contributed by atoms with E-state index in [4.69, 9.17) is 0 Å². The molecule has 0 radical (unpaired) electrons. The second-order valence-electron chi connectivity index (χ2n) is 3.36. The normalized spacial score (nSPS) is 10.4. The summed E-state index contributed by atoms with van der Waals surface area (Å²) >= 11 is 3.47. The maximum absolute atomic E-state index is 3.47. The molecule has 0 spiro atoms. The van der Waals surface area contributed by atoms with Gasteiger partial charge in [0.15, 0.2) is 0 Å². The molecule has 1 aromatic rings. The van der Waals surface area contributed by atoms with E-state index in [0.29, 0.717) is 0 Å². The standard InChI is InChI=1S/C12H17Br/c1-3-12-10(2)6-4-7-11(12)8-5-9-13/h4,6-7H,3,5,8-9H2,1-2H3. The molecule has 1 rings (SSSR count). The second-order valence-corrected chi connectivity index (χ2v) is 4.15. The maximum atomic E-state index is 3.47. The molecule has 72 valence electrons. The van der Waals surface area contributed by atoms with Gasteiger partial charge in [0.25, 0.3) is 0 Å². The van der Waals surface area contributed by atoms with E-state index >= 15 is 0 Å². The first-order chi connectivity index (χ1) is 6.29. The summed E-state index contributed by atoms with van der Waals surface area (Å²) in [6.07, 6.45) is 3.59. The first kappa shape index (κ1) is 10.8. The smallest absolute Gasteiger partial charge is 0.00344 e. The van der Waals surface area contributed by atoms with E-state index in [2.05, 4.69) is 48.0 Å². The lowest BCUT2D eigenvalue weighted by Crippen LogP contribution is -1.96. The molecule has 0 amide bonds. The molecule has 0 nitrogen and oxygen atoms in total. The van der Waals surface area contributed by atoms with E-state index in [0.717, 1.165) is 11.8 Å². The Hall–Kier alpha value is -0.300. The molecule has 0 N–H and O–H groups in total. The van der Waals surface area contributed by atoms with Crippen LogP contribution in [0, 0.1) is 6.92 Å². The lowest BCUT2D eigenvalue weighted by molar-refractivity contribution is 0.908. The minimum Gasteiger partial charge on any atom is -0.0928 e. The fourth-order valence-electron chi connectivity index (χ4n) is 1.76. The van der Waals surface area contributed by atoms with Crippen LogP contribution in [0.15, 0.2) is 18.2 Å². The summed E-state index contributed by atoms with van der Waals surface area (Å²) in [6.45, 7) is 4.44. The van der Waals surface area contributed by atoms with Gasteiger partial charge in [0.2, 0.25) is 0 Å². The van der Waals surface area contributed by atoms with Crippen molar-refractivity contribution in [3.05, 3.63) is 34.9 Å². The third-order valence-corrected chi connectivity index (χ3v) is 3.00. The molecule has 0 aliphatic heterocycles. The molecule has 0 aromatic heterocycles. The van der Waals surface area contributed by atoms with Gasteiger partial charge in [-0.25, -0.2) is 0 Å². The minimum absolute atomic E-state index is 1.10. The molecule has 0 saturated carbocycles. The molecule has 0 aliphatic carbocycles. The fraction of sp³-hybridized carbons (Fsp3) is 0.500.